The van der Waals surface area contributed by atoms with E-state index in [1.807, 2.05) is 0 Å². The van der Waals surface area contributed by atoms with Crippen LogP contribution in [0.4, 0.5) is 0 Å². The number of hydrogen-bond acceptors (Lipinski definition) is 4. The van der Waals surface area contributed by atoms with Crippen molar-refractivity contribution in [3.05, 3.63) is 37.4 Å². The third-order valence-corrected chi connectivity index (χ3v) is 2.19. The summed E-state index contributed by atoms with van der Waals surface area (Å²) < 4.78 is 2.12. The van der Waals surface area contributed by atoms with Gasteiger partial charge < -0.3 is 4.98 Å². The molecule has 78 valence electrons. The zero-order valence-corrected chi connectivity index (χ0v) is 8.14. The van der Waals surface area contributed by atoms with Crippen LogP contribution in [-0.4, -0.2) is 19.1 Å². The maximum atomic E-state index is 11.6. The molecule has 0 atom stereocenters. The van der Waals surface area contributed by atoms with E-state index in [-0.39, 0.29) is 11.2 Å². The Labute approximate surface area is 82.6 Å². The number of H-pyrrole nitrogens is 1. The highest BCUT2D eigenvalue weighted by Gasteiger charge is 2.09. The van der Waals surface area contributed by atoms with Crippen LogP contribution in [0.1, 0.15) is 0 Å². The van der Waals surface area contributed by atoms with Crippen molar-refractivity contribution in [2.75, 3.05) is 0 Å². The first-order chi connectivity index (χ1) is 7.02. The molecule has 0 aliphatic carbocycles. The second-order valence-corrected chi connectivity index (χ2v) is 3.15. The molecule has 0 aliphatic rings. The molecule has 2 rings (SSSR count). The van der Waals surface area contributed by atoms with Gasteiger partial charge in [-0.25, -0.2) is 9.78 Å². The number of aromatic nitrogens is 4. The standard InChI is InChI=1S/C8H8N4O3/c1-11-6-5(10-4(13)3-9-6)7(14)12(2)8(11)15/h3H,1-2H3,(H,10,13). The lowest BCUT2D eigenvalue weighted by molar-refractivity contribution is 0.703. The highest BCUT2D eigenvalue weighted by Crippen LogP contribution is 1.94. The van der Waals surface area contributed by atoms with Gasteiger partial charge in [0.15, 0.2) is 11.2 Å². The summed E-state index contributed by atoms with van der Waals surface area (Å²) in [7, 11) is 2.82. The minimum atomic E-state index is -0.557. The number of aromatic amines is 1. The van der Waals surface area contributed by atoms with Crippen LogP contribution in [0.2, 0.25) is 0 Å². The van der Waals surface area contributed by atoms with Crippen LogP contribution in [0.5, 0.6) is 0 Å². The van der Waals surface area contributed by atoms with Crippen molar-refractivity contribution >= 4 is 11.2 Å². The van der Waals surface area contributed by atoms with E-state index in [1.54, 1.807) is 0 Å². The maximum absolute atomic E-state index is 11.6. The van der Waals surface area contributed by atoms with Crippen LogP contribution in [-0.2, 0) is 14.1 Å². The molecule has 0 amide bonds. The Morgan fingerprint density at radius 3 is 2.53 bits per heavy atom. The molecule has 0 spiro atoms. The molecule has 0 bridgehead atoms. The van der Waals surface area contributed by atoms with Crippen LogP contribution in [0, 0.1) is 0 Å². The van der Waals surface area contributed by atoms with Crippen molar-refractivity contribution < 1.29 is 0 Å². The van der Waals surface area contributed by atoms with E-state index >= 15 is 0 Å². The van der Waals surface area contributed by atoms with Crippen molar-refractivity contribution in [3.63, 3.8) is 0 Å². The first-order valence-electron chi connectivity index (χ1n) is 4.17. The molecule has 15 heavy (non-hydrogen) atoms. The van der Waals surface area contributed by atoms with Gasteiger partial charge in [-0.05, 0) is 0 Å². The summed E-state index contributed by atoms with van der Waals surface area (Å²) >= 11 is 0. The zero-order valence-electron chi connectivity index (χ0n) is 8.14. The van der Waals surface area contributed by atoms with Gasteiger partial charge in [-0.15, -0.1) is 0 Å². The summed E-state index contributed by atoms with van der Waals surface area (Å²) in [6.07, 6.45) is 1.03. The number of rotatable bonds is 0. The van der Waals surface area contributed by atoms with Crippen molar-refractivity contribution in [2.24, 2.45) is 14.1 Å². The number of nitrogens with zero attached hydrogens (tertiary/aromatic N) is 3. The van der Waals surface area contributed by atoms with Crippen molar-refractivity contribution in [3.8, 4) is 0 Å². The minimum absolute atomic E-state index is 0.0344. The van der Waals surface area contributed by atoms with Crippen LogP contribution in [0.25, 0.3) is 11.2 Å². The van der Waals surface area contributed by atoms with Crippen LogP contribution < -0.4 is 16.8 Å². The molecule has 0 saturated carbocycles. The van der Waals surface area contributed by atoms with Gasteiger partial charge in [0.25, 0.3) is 11.1 Å². The van der Waals surface area contributed by atoms with E-state index in [1.165, 1.54) is 18.7 Å². The molecule has 2 heterocycles. The summed E-state index contributed by atoms with van der Waals surface area (Å²) in [6, 6.07) is 0. The zero-order chi connectivity index (χ0) is 11.2. The molecule has 2 aromatic rings. The van der Waals surface area contributed by atoms with Gasteiger partial charge in [0.1, 0.15) is 0 Å². The van der Waals surface area contributed by atoms with E-state index in [2.05, 4.69) is 9.97 Å². The fraction of sp³-hybridized carbons (Fsp3) is 0.250. The average Bonchev–Trinajstić information content (AvgIpc) is 2.23. The van der Waals surface area contributed by atoms with E-state index in [0.717, 1.165) is 10.8 Å². The molecule has 0 aromatic carbocycles. The first-order valence-corrected chi connectivity index (χ1v) is 4.17. The molecular formula is C8H8N4O3. The summed E-state index contributed by atoms with van der Waals surface area (Å²) in [5, 5.41) is 0. The summed E-state index contributed by atoms with van der Waals surface area (Å²) in [5.41, 5.74) is -1.31. The molecule has 7 heteroatoms. The molecule has 0 unspecified atom stereocenters. The van der Waals surface area contributed by atoms with Crippen LogP contribution >= 0.6 is 0 Å². The van der Waals surface area contributed by atoms with E-state index in [0.29, 0.717) is 0 Å². The van der Waals surface area contributed by atoms with Gasteiger partial charge in [0, 0.05) is 14.1 Å². The van der Waals surface area contributed by atoms with Gasteiger partial charge >= 0.3 is 5.69 Å². The Morgan fingerprint density at radius 1 is 1.20 bits per heavy atom. The molecule has 0 aliphatic heterocycles. The molecule has 0 saturated heterocycles. The summed E-state index contributed by atoms with van der Waals surface area (Å²) in [4.78, 5) is 40.2. The van der Waals surface area contributed by atoms with Crippen molar-refractivity contribution in [1.29, 1.82) is 0 Å². The molecule has 0 radical (unpaired) electrons. The fourth-order valence-electron chi connectivity index (χ4n) is 1.37. The van der Waals surface area contributed by atoms with Gasteiger partial charge in [0.2, 0.25) is 0 Å². The SMILES string of the molecule is Cn1c(=O)c2[nH]c(=O)cnc2n(C)c1=O. The fourth-order valence-corrected chi connectivity index (χ4v) is 1.37. The first kappa shape index (κ1) is 9.38. The summed E-state index contributed by atoms with van der Waals surface area (Å²) in [5.74, 6) is 0. The second-order valence-electron chi connectivity index (χ2n) is 3.15. The average molecular weight is 208 g/mol. The third-order valence-electron chi connectivity index (χ3n) is 2.19. The second kappa shape index (κ2) is 2.91. The number of hydrogen-bond donors (Lipinski definition) is 1. The predicted molar refractivity (Wildman–Crippen MR) is 52.8 cm³/mol. The van der Waals surface area contributed by atoms with Gasteiger partial charge in [0.05, 0.1) is 6.20 Å². The Balaban J connectivity index is 3.22. The monoisotopic (exact) mass is 208 g/mol. The Kier molecular flexibility index (Phi) is 1.82. The smallest absolute Gasteiger partial charge is 0.313 e. The normalized spacial score (nSPS) is 10.8. The minimum Gasteiger partial charge on any atom is -0.313 e. The largest absolute Gasteiger partial charge is 0.332 e. The van der Waals surface area contributed by atoms with E-state index in [9.17, 15) is 14.4 Å². The molecule has 1 N–H and O–H groups in total. The lowest BCUT2D eigenvalue weighted by atomic mass is 10.5. The van der Waals surface area contributed by atoms with E-state index < -0.39 is 16.8 Å². The lowest BCUT2D eigenvalue weighted by Crippen LogP contribution is -2.38. The van der Waals surface area contributed by atoms with Crippen LogP contribution in [0.15, 0.2) is 20.6 Å². The highest BCUT2D eigenvalue weighted by atomic mass is 16.2. The third kappa shape index (κ3) is 1.20. The molecule has 2 aromatic heterocycles. The summed E-state index contributed by atoms with van der Waals surface area (Å²) in [6.45, 7) is 0. The molecular weight excluding hydrogens is 200 g/mol. The van der Waals surface area contributed by atoms with Gasteiger partial charge in [-0.1, -0.05) is 0 Å². The van der Waals surface area contributed by atoms with Crippen molar-refractivity contribution in [2.45, 2.75) is 0 Å². The highest BCUT2D eigenvalue weighted by molar-refractivity contribution is 5.67. The molecule has 7 nitrogen and oxygen atoms in total. The Hall–Kier alpha value is -2.18. The lowest BCUT2D eigenvalue weighted by Gasteiger charge is -2.04. The Morgan fingerprint density at radius 2 is 1.87 bits per heavy atom. The number of fused-ring (bicyclic) bond motifs is 1. The number of aryl methyl sites for hydroxylation is 1. The Bertz CT molecular complexity index is 706. The number of nitrogens with one attached hydrogen (secondary N) is 1. The van der Waals surface area contributed by atoms with Gasteiger partial charge in [-0.2, -0.15) is 0 Å². The van der Waals surface area contributed by atoms with Crippen molar-refractivity contribution in [1.82, 2.24) is 19.1 Å². The predicted octanol–water partition coefficient (Wildman–Crippen LogP) is -1.68. The quantitative estimate of drug-likeness (QED) is 0.560. The molecule has 0 fully saturated rings. The van der Waals surface area contributed by atoms with E-state index in [4.69, 9.17) is 0 Å². The van der Waals surface area contributed by atoms with Crippen LogP contribution in [0.3, 0.4) is 0 Å². The van der Waals surface area contributed by atoms with Gasteiger partial charge in [-0.3, -0.25) is 18.7 Å². The topological polar surface area (TPSA) is 89.8 Å². The maximum Gasteiger partial charge on any atom is 0.332 e.